The van der Waals surface area contributed by atoms with Crippen molar-refractivity contribution in [1.82, 2.24) is 0 Å². The van der Waals surface area contributed by atoms with E-state index < -0.39 is 24.1 Å². The van der Waals surface area contributed by atoms with Crippen LogP contribution >= 0.6 is 0 Å². The molecule has 19 heavy (non-hydrogen) atoms. The van der Waals surface area contributed by atoms with Crippen LogP contribution in [0, 0.1) is 0 Å². The molecule has 0 aliphatic carbocycles. The molecular formula is C12H15F3N2O2. The zero-order valence-corrected chi connectivity index (χ0v) is 10.3. The van der Waals surface area contributed by atoms with E-state index in [-0.39, 0.29) is 5.69 Å². The molecule has 0 spiro atoms. The topological polar surface area (TPSA) is 64.4 Å². The lowest BCUT2D eigenvalue weighted by Crippen LogP contribution is -2.35. The molecule has 0 bridgehead atoms. The lowest BCUT2D eigenvalue weighted by Gasteiger charge is -2.15. The van der Waals surface area contributed by atoms with Gasteiger partial charge < -0.3 is 15.8 Å². The number of hydrogen-bond acceptors (Lipinski definition) is 3. The summed E-state index contributed by atoms with van der Waals surface area (Å²) in [5.74, 6) is -1.01. The summed E-state index contributed by atoms with van der Waals surface area (Å²) in [6, 6.07) is 4.54. The van der Waals surface area contributed by atoms with Crippen LogP contribution in [0.3, 0.4) is 0 Å². The van der Waals surface area contributed by atoms with Gasteiger partial charge in [0.05, 0.1) is 11.7 Å². The molecule has 1 rings (SSSR count). The number of carbonyl (C=O) groups excluding carboxylic acids is 1. The molecule has 1 atom stereocenters. The third kappa shape index (κ3) is 5.17. The summed E-state index contributed by atoms with van der Waals surface area (Å²) in [5, 5.41) is 2.33. The van der Waals surface area contributed by atoms with Gasteiger partial charge in [-0.05, 0) is 18.6 Å². The molecule has 0 aliphatic rings. The second-order valence-corrected chi connectivity index (χ2v) is 3.93. The summed E-state index contributed by atoms with van der Waals surface area (Å²) in [4.78, 5) is 11.6. The highest BCUT2D eigenvalue weighted by Gasteiger charge is 2.32. The molecule has 1 unspecified atom stereocenters. The number of nitrogens with one attached hydrogen (secondary N) is 1. The summed E-state index contributed by atoms with van der Waals surface area (Å²) in [6.45, 7) is 1.86. The number of anilines is 1. The number of para-hydroxylation sites is 2. The number of nitrogens with two attached hydrogens (primary N) is 1. The molecule has 0 aliphatic heterocycles. The highest BCUT2D eigenvalue weighted by Crippen LogP contribution is 2.29. The van der Waals surface area contributed by atoms with Crippen LogP contribution in [0.4, 0.5) is 18.9 Å². The number of amides is 1. The van der Waals surface area contributed by atoms with Gasteiger partial charge in [0.2, 0.25) is 5.91 Å². The molecule has 3 N–H and O–H groups in total. The van der Waals surface area contributed by atoms with Gasteiger partial charge in [0.25, 0.3) is 0 Å². The maximum atomic E-state index is 12.2. The highest BCUT2D eigenvalue weighted by atomic mass is 19.4. The van der Waals surface area contributed by atoms with Crippen LogP contribution in [0.2, 0.25) is 0 Å². The summed E-state index contributed by atoms with van der Waals surface area (Å²) in [5.41, 5.74) is 5.52. The van der Waals surface area contributed by atoms with Crippen molar-refractivity contribution >= 4 is 11.6 Å². The van der Waals surface area contributed by atoms with Crippen LogP contribution in [0.25, 0.3) is 0 Å². The Bertz CT molecular complexity index is 435. The number of alkyl halides is 3. The van der Waals surface area contributed by atoms with Crippen molar-refractivity contribution in [2.24, 2.45) is 5.73 Å². The maximum absolute atomic E-state index is 12.2. The molecule has 0 radical (unpaired) electrons. The number of rotatable bonds is 5. The Morgan fingerprint density at radius 2 is 2.05 bits per heavy atom. The highest BCUT2D eigenvalue weighted by molar-refractivity contribution is 5.95. The van der Waals surface area contributed by atoms with E-state index in [1.54, 1.807) is 0 Å². The Labute approximate surface area is 108 Å². The van der Waals surface area contributed by atoms with Gasteiger partial charge in [-0.1, -0.05) is 25.5 Å². The third-order valence-corrected chi connectivity index (χ3v) is 2.31. The minimum atomic E-state index is -4.81. The van der Waals surface area contributed by atoms with E-state index in [1.165, 1.54) is 18.2 Å². The third-order valence-electron chi connectivity index (χ3n) is 2.31. The minimum Gasteiger partial charge on any atom is -0.404 e. The predicted octanol–water partition coefficient (Wildman–Crippen LogP) is 2.65. The largest absolute Gasteiger partial charge is 0.573 e. The van der Waals surface area contributed by atoms with Gasteiger partial charge in [-0.15, -0.1) is 13.2 Å². The zero-order valence-electron chi connectivity index (χ0n) is 10.3. The van der Waals surface area contributed by atoms with Crippen LogP contribution in [0.5, 0.6) is 5.75 Å². The van der Waals surface area contributed by atoms with Gasteiger partial charge in [-0.3, -0.25) is 4.79 Å². The maximum Gasteiger partial charge on any atom is 0.573 e. The molecule has 1 amide bonds. The van der Waals surface area contributed by atoms with Gasteiger partial charge in [0, 0.05) is 0 Å². The SMILES string of the molecule is CCCC(N)C(=O)Nc1ccccc1OC(F)(F)F. The van der Waals surface area contributed by atoms with Crippen molar-refractivity contribution in [2.75, 3.05) is 5.32 Å². The molecule has 0 heterocycles. The van der Waals surface area contributed by atoms with Crippen LogP contribution in [-0.4, -0.2) is 18.3 Å². The Morgan fingerprint density at radius 1 is 1.42 bits per heavy atom. The number of ether oxygens (including phenoxy) is 1. The molecule has 0 saturated carbocycles. The van der Waals surface area contributed by atoms with E-state index in [4.69, 9.17) is 5.73 Å². The first kappa shape index (κ1) is 15.3. The quantitative estimate of drug-likeness (QED) is 0.869. The second kappa shape index (κ2) is 6.42. The summed E-state index contributed by atoms with van der Waals surface area (Å²) in [6.07, 6.45) is -3.66. The molecule has 1 aromatic rings. The van der Waals surface area contributed by atoms with Gasteiger partial charge in [-0.2, -0.15) is 0 Å². The first-order valence-corrected chi connectivity index (χ1v) is 5.74. The average molecular weight is 276 g/mol. The first-order chi connectivity index (χ1) is 8.83. The predicted molar refractivity (Wildman–Crippen MR) is 64.6 cm³/mol. The van der Waals surface area contributed by atoms with Crippen molar-refractivity contribution < 1.29 is 22.7 Å². The van der Waals surface area contributed by atoms with E-state index in [0.29, 0.717) is 12.8 Å². The van der Waals surface area contributed by atoms with Crippen LogP contribution in [0.1, 0.15) is 19.8 Å². The van der Waals surface area contributed by atoms with Crippen molar-refractivity contribution in [3.63, 3.8) is 0 Å². The minimum absolute atomic E-state index is 0.0589. The molecule has 7 heteroatoms. The van der Waals surface area contributed by atoms with Gasteiger partial charge in [-0.25, -0.2) is 0 Å². The fourth-order valence-corrected chi connectivity index (χ4v) is 1.45. The number of hydrogen-bond donors (Lipinski definition) is 2. The van der Waals surface area contributed by atoms with Crippen molar-refractivity contribution in [3.05, 3.63) is 24.3 Å². The standard InChI is InChI=1S/C12H15F3N2O2/c1-2-5-8(16)11(18)17-9-6-3-4-7-10(9)19-12(13,14)15/h3-4,6-8H,2,5,16H2,1H3,(H,17,18). The Morgan fingerprint density at radius 3 is 2.63 bits per heavy atom. The Balaban J connectivity index is 2.81. The molecule has 4 nitrogen and oxygen atoms in total. The summed E-state index contributed by atoms with van der Waals surface area (Å²) in [7, 11) is 0. The fourth-order valence-electron chi connectivity index (χ4n) is 1.45. The summed E-state index contributed by atoms with van der Waals surface area (Å²) < 4.78 is 40.4. The fraction of sp³-hybridized carbons (Fsp3) is 0.417. The monoisotopic (exact) mass is 276 g/mol. The molecule has 106 valence electrons. The van der Waals surface area contributed by atoms with E-state index in [2.05, 4.69) is 10.1 Å². The second-order valence-electron chi connectivity index (χ2n) is 3.93. The van der Waals surface area contributed by atoms with E-state index in [9.17, 15) is 18.0 Å². The van der Waals surface area contributed by atoms with Crippen molar-refractivity contribution in [3.8, 4) is 5.75 Å². The van der Waals surface area contributed by atoms with E-state index in [1.807, 2.05) is 6.92 Å². The normalized spacial score (nSPS) is 12.9. The number of halogens is 3. The molecule has 0 fully saturated rings. The number of carbonyl (C=O) groups is 1. The first-order valence-electron chi connectivity index (χ1n) is 5.74. The van der Waals surface area contributed by atoms with Crippen molar-refractivity contribution in [2.45, 2.75) is 32.2 Å². The van der Waals surface area contributed by atoms with E-state index in [0.717, 1.165) is 6.07 Å². The van der Waals surface area contributed by atoms with Gasteiger partial charge in [0.15, 0.2) is 5.75 Å². The van der Waals surface area contributed by atoms with E-state index >= 15 is 0 Å². The van der Waals surface area contributed by atoms with Crippen LogP contribution in [0.15, 0.2) is 24.3 Å². The lowest BCUT2D eigenvalue weighted by atomic mass is 10.1. The molecular weight excluding hydrogens is 261 g/mol. The Hall–Kier alpha value is -1.76. The van der Waals surface area contributed by atoms with Crippen LogP contribution < -0.4 is 15.8 Å². The summed E-state index contributed by atoms with van der Waals surface area (Å²) >= 11 is 0. The Kier molecular flexibility index (Phi) is 5.17. The smallest absolute Gasteiger partial charge is 0.404 e. The zero-order chi connectivity index (χ0) is 14.5. The van der Waals surface area contributed by atoms with Gasteiger partial charge >= 0.3 is 6.36 Å². The molecule has 1 aromatic carbocycles. The molecule has 0 saturated heterocycles. The van der Waals surface area contributed by atoms with Crippen molar-refractivity contribution in [1.29, 1.82) is 0 Å². The van der Waals surface area contributed by atoms with Gasteiger partial charge in [0.1, 0.15) is 0 Å². The number of benzene rings is 1. The lowest BCUT2D eigenvalue weighted by molar-refractivity contribution is -0.274. The average Bonchev–Trinajstić information content (AvgIpc) is 2.30. The molecule has 0 aromatic heterocycles. The van der Waals surface area contributed by atoms with Crippen LogP contribution in [-0.2, 0) is 4.79 Å².